The quantitative estimate of drug-likeness (QED) is 0.878. The van der Waals surface area contributed by atoms with E-state index in [-0.39, 0.29) is 11.8 Å². The number of carbonyl (C=O) groups is 1. The van der Waals surface area contributed by atoms with E-state index in [9.17, 15) is 4.79 Å². The molecule has 3 rings (SSSR count). The van der Waals surface area contributed by atoms with Crippen molar-refractivity contribution < 1.29 is 4.79 Å². The van der Waals surface area contributed by atoms with Gasteiger partial charge in [0, 0.05) is 12.0 Å². The maximum absolute atomic E-state index is 11.2. The first kappa shape index (κ1) is 12.7. The lowest BCUT2D eigenvalue weighted by Crippen LogP contribution is -2.46. The third-order valence-corrected chi connectivity index (χ3v) is 4.77. The summed E-state index contributed by atoms with van der Waals surface area (Å²) in [4.78, 5) is 13.8. The third kappa shape index (κ3) is 2.66. The summed E-state index contributed by atoms with van der Waals surface area (Å²) in [6.07, 6.45) is 5.48. The van der Waals surface area contributed by atoms with E-state index in [1.165, 1.54) is 24.0 Å². The molecule has 1 aliphatic heterocycles. The van der Waals surface area contributed by atoms with Crippen LogP contribution in [0.25, 0.3) is 0 Å². The Bertz CT molecular complexity index is 464. The van der Waals surface area contributed by atoms with Gasteiger partial charge in [-0.15, -0.1) is 0 Å². The average molecular weight is 258 g/mol. The van der Waals surface area contributed by atoms with E-state index in [1.807, 2.05) is 0 Å². The number of aryl methyl sites for hydroxylation is 1. The standard InChI is InChI=1S/C16H22N2O/c17-16(19)13-7-9-18(10-8-13)15-6-5-12-3-1-2-4-14(12)11-15/h1-4,13,15H,5-11H2,(H2,17,19)/t15-/m0/s1. The van der Waals surface area contributed by atoms with Crippen LogP contribution in [0.15, 0.2) is 24.3 Å². The zero-order valence-electron chi connectivity index (χ0n) is 11.3. The maximum atomic E-state index is 11.2. The summed E-state index contributed by atoms with van der Waals surface area (Å²) >= 11 is 0. The molecule has 2 aliphatic rings. The van der Waals surface area contributed by atoms with E-state index in [1.54, 1.807) is 0 Å². The van der Waals surface area contributed by atoms with E-state index in [0.717, 1.165) is 32.4 Å². The van der Waals surface area contributed by atoms with Crippen molar-refractivity contribution in [3.63, 3.8) is 0 Å². The van der Waals surface area contributed by atoms with Crippen LogP contribution < -0.4 is 5.73 Å². The van der Waals surface area contributed by atoms with E-state index >= 15 is 0 Å². The second-order valence-corrected chi connectivity index (χ2v) is 5.88. The maximum Gasteiger partial charge on any atom is 0.220 e. The Hall–Kier alpha value is -1.35. The molecule has 3 nitrogen and oxygen atoms in total. The zero-order chi connectivity index (χ0) is 13.2. The largest absolute Gasteiger partial charge is 0.369 e. The lowest BCUT2D eigenvalue weighted by Gasteiger charge is -2.39. The van der Waals surface area contributed by atoms with Crippen LogP contribution in [0.3, 0.4) is 0 Å². The molecule has 0 unspecified atom stereocenters. The Kier molecular flexibility index (Phi) is 3.56. The SMILES string of the molecule is NC(=O)C1CCN([C@H]2CCc3ccccc3C2)CC1. The minimum Gasteiger partial charge on any atom is -0.369 e. The molecule has 1 heterocycles. The molecule has 1 aliphatic carbocycles. The number of primary amides is 1. The highest BCUT2D eigenvalue weighted by Crippen LogP contribution is 2.27. The molecule has 0 bridgehead atoms. The number of nitrogens with zero attached hydrogens (tertiary/aromatic N) is 1. The van der Waals surface area contributed by atoms with Gasteiger partial charge in [0.25, 0.3) is 0 Å². The Morgan fingerprint density at radius 3 is 2.47 bits per heavy atom. The van der Waals surface area contributed by atoms with Crippen molar-refractivity contribution in [2.45, 2.75) is 38.1 Å². The summed E-state index contributed by atoms with van der Waals surface area (Å²) in [6.45, 7) is 2.06. The Morgan fingerprint density at radius 1 is 1.11 bits per heavy atom. The topological polar surface area (TPSA) is 46.3 Å². The summed E-state index contributed by atoms with van der Waals surface area (Å²) in [5, 5.41) is 0. The second kappa shape index (κ2) is 5.33. The molecule has 0 saturated carbocycles. The number of nitrogens with two attached hydrogens (primary N) is 1. The first-order valence-corrected chi connectivity index (χ1v) is 7.34. The molecular formula is C16H22N2O. The van der Waals surface area contributed by atoms with Crippen LogP contribution in [0, 0.1) is 5.92 Å². The number of hydrogen-bond acceptors (Lipinski definition) is 2. The molecule has 1 atom stereocenters. The van der Waals surface area contributed by atoms with Crippen molar-refractivity contribution in [1.82, 2.24) is 4.90 Å². The fourth-order valence-electron chi connectivity index (χ4n) is 3.54. The third-order valence-electron chi connectivity index (χ3n) is 4.77. The predicted octanol–water partition coefficient (Wildman–Crippen LogP) is 1.74. The summed E-state index contributed by atoms with van der Waals surface area (Å²) in [5.41, 5.74) is 8.43. The van der Waals surface area contributed by atoms with Crippen LogP contribution >= 0.6 is 0 Å². The highest BCUT2D eigenvalue weighted by Gasteiger charge is 2.29. The van der Waals surface area contributed by atoms with Gasteiger partial charge < -0.3 is 5.73 Å². The van der Waals surface area contributed by atoms with Gasteiger partial charge in [-0.25, -0.2) is 0 Å². The summed E-state index contributed by atoms with van der Waals surface area (Å²) in [5.74, 6) is -0.0132. The first-order chi connectivity index (χ1) is 9.24. The minimum atomic E-state index is -0.117. The number of carbonyl (C=O) groups excluding carboxylic acids is 1. The van der Waals surface area contributed by atoms with E-state index < -0.39 is 0 Å². The van der Waals surface area contributed by atoms with Gasteiger partial charge in [-0.3, -0.25) is 9.69 Å². The van der Waals surface area contributed by atoms with Crippen LogP contribution in [0.5, 0.6) is 0 Å². The smallest absolute Gasteiger partial charge is 0.220 e. The molecule has 102 valence electrons. The molecule has 0 aromatic heterocycles. The zero-order valence-corrected chi connectivity index (χ0v) is 11.3. The van der Waals surface area contributed by atoms with Gasteiger partial charge in [0.1, 0.15) is 0 Å². The number of fused-ring (bicyclic) bond motifs is 1. The second-order valence-electron chi connectivity index (χ2n) is 5.88. The fourth-order valence-corrected chi connectivity index (χ4v) is 3.54. The number of amides is 1. The number of rotatable bonds is 2. The van der Waals surface area contributed by atoms with Crippen molar-refractivity contribution in [3.05, 3.63) is 35.4 Å². The van der Waals surface area contributed by atoms with Crippen LogP contribution in [-0.2, 0) is 17.6 Å². The van der Waals surface area contributed by atoms with Crippen molar-refractivity contribution in [1.29, 1.82) is 0 Å². The highest BCUT2D eigenvalue weighted by molar-refractivity contribution is 5.76. The molecule has 0 spiro atoms. The molecule has 3 heteroatoms. The molecule has 1 saturated heterocycles. The number of hydrogen-bond donors (Lipinski definition) is 1. The van der Waals surface area contributed by atoms with E-state index in [2.05, 4.69) is 29.2 Å². The Labute approximate surface area is 114 Å². The molecule has 1 aromatic rings. The predicted molar refractivity (Wildman–Crippen MR) is 75.7 cm³/mol. The first-order valence-electron chi connectivity index (χ1n) is 7.34. The molecular weight excluding hydrogens is 236 g/mol. The molecule has 2 N–H and O–H groups in total. The normalized spacial score (nSPS) is 24.9. The minimum absolute atomic E-state index is 0.104. The molecule has 1 aromatic carbocycles. The molecule has 1 amide bonds. The van der Waals surface area contributed by atoms with Crippen molar-refractivity contribution in [2.24, 2.45) is 11.7 Å². The van der Waals surface area contributed by atoms with Crippen molar-refractivity contribution in [3.8, 4) is 0 Å². The van der Waals surface area contributed by atoms with Gasteiger partial charge in [0.05, 0.1) is 0 Å². The summed E-state index contributed by atoms with van der Waals surface area (Å²) in [6, 6.07) is 9.45. The van der Waals surface area contributed by atoms with E-state index in [4.69, 9.17) is 5.73 Å². The molecule has 0 radical (unpaired) electrons. The van der Waals surface area contributed by atoms with Crippen molar-refractivity contribution >= 4 is 5.91 Å². The van der Waals surface area contributed by atoms with Gasteiger partial charge in [-0.2, -0.15) is 0 Å². The molecule has 19 heavy (non-hydrogen) atoms. The van der Waals surface area contributed by atoms with Gasteiger partial charge in [0.2, 0.25) is 5.91 Å². The monoisotopic (exact) mass is 258 g/mol. The summed E-state index contributed by atoms with van der Waals surface area (Å²) < 4.78 is 0. The van der Waals surface area contributed by atoms with Gasteiger partial charge in [-0.1, -0.05) is 24.3 Å². The Morgan fingerprint density at radius 2 is 1.79 bits per heavy atom. The van der Waals surface area contributed by atoms with Crippen LogP contribution in [-0.4, -0.2) is 29.9 Å². The van der Waals surface area contributed by atoms with E-state index in [0.29, 0.717) is 6.04 Å². The average Bonchev–Trinajstić information content (AvgIpc) is 2.47. The Balaban J connectivity index is 1.62. The van der Waals surface area contributed by atoms with Crippen LogP contribution in [0.4, 0.5) is 0 Å². The van der Waals surface area contributed by atoms with Crippen LogP contribution in [0.2, 0.25) is 0 Å². The molecule has 1 fully saturated rings. The lowest BCUT2D eigenvalue weighted by atomic mass is 9.86. The van der Waals surface area contributed by atoms with Gasteiger partial charge >= 0.3 is 0 Å². The van der Waals surface area contributed by atoms with Crippen molar-refractivity contribution in [2.75, 3.05) is 13.1 Å². The van der Waals surface area contributed by atoms with Crippen LogP contribution in [0.1, 0.15) is 30.4 Å². The number of benzene rings is 1. The van der Waals surface area contributed by atoms with Gasteiger partial charge in [-0.05, 0) is 56.3 Å². The fraction of sp³-hybridized carbons (Fsp3) is 0.562. The number of likely N-dealkylation sites (tertiary alicyclic amines) is 1. The highest BCUT2D eigenvalue weighted by atomic mass is 16.1. The van der Waals surface area contributed by atoms with Gasteiger partial charge in [0.15, 0.2) is 0 Å². The summed E-state index contributed by atoms with van der Waals surface area (Å²) in [7, 11) is 0. The lowest BCUT2D eigenvalue weighted by molar-refractivity contribution is -0.123. The number of piperidine rings is 1.